The second-order valence-corrected chi connectivity index (χ2v) is 7.35. The molecule has 3 rings (SSSR count). The first kappa shape index (κ1) is 17.1. The Morgan fingerprint density at radius 3 is 2.83 bits per heavy atom. The minimum Gasteiger partial charge on any atom is -0.351 e. The molecule has 1 aliphatic heterocycles. The number of carbonyl (C=O) groups excluding carboxylic acids is 1. The fraction of sp³-hybridized carbons (Fsp3) is 0.588. The Morgan fingerprint density at radius 1 is 1.33 bits per heavy atom. The summed E-state index contributed by atoms with van der Waals surface area (Å²) in [4.78, 5) is 20.1. The van der Waals surface area contributed by atoms with Gasteiger partial charge in [0.1, 0.15) is 9.88 Å². The van der Waals surface area contributed by atoms with Crippen LogP contribution in [0.4, 0.5) is 0 Å². The second kappa shape index (κ2) is 7.90. The van der Waals surface area contributed by atoms with Crippen LogP contribution in [0.2, 0.25) is 0 Å². The number of thiazole rings is 1. The number of aryl methyl sites for hydroxylation is 2. The molecule has 130 valence electrons. The second-order valence-electron chi connectivity index (χ2n) is 6.35. The Bertz CT molecular complexity index is 687. The number of hydrogen-bond donors (Lipinski definition) is 1. The Kier molecular flexibility index (Phi) is 5.63. The quantitative estimate of drug-likeness (QED) is 0.816. The summed E-state index contributed by atoms with van der Waals surface area (Å²) in [6, 6.07) is 0. The molecule has 0 atom stereocenters. The van der Waals surface area contributed by atoms with Crippen molar-refractivity contribution in [1.82, 2.24) is 25.0 Å². The molecule has 1 aliphatic rings. The smallest absolute Gasteiger partial charge is 0.263 e. The van der Waals surface area contributed by atoms with Gasteiger partial charge in [-0.05, 0) is 45.8 Å². The maximum absolute atomic E-state index is 12.4. The highest BCUT2D eigenvalue weighted by atomic mass is 32.1. The first-order chi connectivity index (χ1) is 11.6. The minimum absolute atomic E-state index is 0.0150. The van der Waals surface area contributed by atoms with E-state index in [2.05, 4.69) is 20.3 Å². The lowest BCUT2D eigenvalue weighted by Crippen LogP contribution is -2.33. The number of nitrogens with zero attached hydrogens (tertiary/aromatic N) is 4. The van der Waals surface area contributed by atoms with Crippen LogP contribution in [0.5, 0.6) is 0 Å². The molecule has 0 spiro atoms. The van der Waals surface area contributed by atoms with Crippen LogP contribution in [-0.4, -0.2) is 51.8 Å². The van der Waals surface area contributed by atoms with Crippen LogP contribution in [0.1, 0.15) is 41.0 Å². The number of nitrogens with one attached hydrogen (secondary N) is 1. The summed E-state index contributed by atoms with van der Waals surface area (Å²) in [6.45, 7) is 6.09. The number of piperidine rings is 1. The summed E-state index contributed by atoms with van der Waals surface area (Å²) in [7, 11) is 1.87. The fourth-order valence-corrected chi connectivity index (χ4v) is 3.99. The molecule has 7 heteroatoms. The summed E-state index contributed by atoms with van der Waals surface area (Å²) < 4.78 is 1.74. The van der Waals surface area contributed by atoms with Gasteiger partial charge in [0.15, 0.2) is 0 Å². The summed E-state index contributed by atoms with van der Waals surface area (Å²) in [5.41, 5.74) is 1.74. The van der Waals surface area contributed by atoms with Crippen LogP contribution in [-0.2, 0) is 7.05 Å². The molecule has 1 saturated heterocycles. The Hall–Kier alpha value is -1.73. The van der Waals surface area contributed by atoms with E-state index in [-0.39, 0.29) is 5.91 Å². The summed E-state index contributed by atoms with van der Waals surface area (Å²) in [6.07, 6.45) is 8.67. The van der Waals surface area contributed by atoms with Crippen LogP contribution in [0.3, 0.4) is 0 Å². The van der Waals surface area contributed by atoms with E-state index in [4.69, 9.17) is 0 Å². The molecule has 0 aromatic carbocycles. The van der Waals surface area contributed by atoms with E-state index >= 15 is 0 Å². The molecule has 2 aromatic rings. The predicted molar refractivity (Wildman–Crippen MR) is 96.3 cm³/mol. The highest BCUT2D eigenvalue weighted by molar-refractivity contribution is 7.17. The molecule has 0 unspecified atom stereocenters. The molecule has 2 aromatic heterocycles. The van der Waals surface area contributed by atoms with Crippen LogP contribution in [0.25, 0.3) is 10.6 Å². The molecule has 0 bridgehead atoms. The molecule has 1 N–H and O–H groups in total. The van der Waals surface area contributed by atoms with Gasteiger partial charge in [0.2, 0.25) is 0 Å². The Labute approximate surface area is 146 Å². The molecular weight excluding hydrogens is 322 g/mol. The molecule has 0 saturated carbocycles. The van der Waals surface area contributed by atoms with Crippen molar-refractivity contribution in [3.05, 3.63) is 23.0 Å². The lowest BCUT2D eigenvalue weighted by molar-refractivity contribution is 0.0954. The number of hydrogen-bond acceptors (Lipinski definition) is 5. The molecule has 1 fully saturated rings. The first-order valence-electron chi connectivity index (χ1n) is 8.60. The van der Waals surface area contributed by atoms with Crippen LogP contribution < -0.4 is 5.32 Å². The lowest BCUT2D eigenvalue weighted by atomic mass is 10.1. The van der Waals surface area contributed by atoms with Gasteiger partial charge in [0.25, 0.3) is 5.91 Å². The number of amides is 1. The average Bonchev–Trinajstić information content (AvgIpc) is 3.18. The van der Waals surface area contributed by atoms with Crippen molar-refractivity contribution in [3.63, 3.8) is 0 Å². The highest BCUT2D eigenvalue weighted by Crippen LogP contribution is 2.27. The van der Waals surface area contributed by atoms with Gasteiger partial charge in [-0.2, -0.15) is 5.10 Å². The van der Waals surface area contributed by atoms with E-state index in [1.807, 2.05) is 20.2 Å². The van der Waals surface area contributed by atoms with Gasteiger partial charge in [-0.1, -0.05) is 6.42 Å². The van der Waals surface area contributed by atoms with Gasteiger partial charge in [-0.15, -0.1) is 11.3 Å². The zero-order chi connectivity index (χ0) is 16.9. The van der Waals surface area contributed by atoms with Crippen molar-refractivity contribution < 1.29 is 4.79 Å². The fourth-order valence-electron chi connectivity index (χ4n) is 3.03. The molecule has 6 nitrogen and oxygen atoms in total. The van der Waals surface area contributed by atoms with Crippen molar-refractivity contribution in [2.45, 2.75) is 32.6 Å². The van der Waals surface area contributed by atoms with Crippen molar-refractivity contribution >= 4 is 17.2 Å². The predicted octanol–water partition coefficient (Wildman–Crippen LogP) is 2.46. The van der Waals surface area contributed by atoms with Crippen LogP contribution >= 0.6 is 11.3 Å². The maximum Gasteiger partial charge on any atom is 0.263 e. The normalized spacial score (nSPS) is 15.6. The van der Waals surface area contributed by atoms with E-state index < -0.39 is 0 Å². The van der Waals surface area contributed by atoms with Crippen molar-refractivity contribution in [3.8, 4) is 10.6 Å². The average molecular weight is 347 g/mol. The van der Waals surface area contributed by atoms with Crippen LogP contribution in [0.15, 0.2) is 12.4 Å². The van der Waals surface area contributed by atoms with E-state index in [0.29, 0.717) is 4.88 Å². The minimum atomic E-state index is -0.0150. The zero-order valence-corrected chi connectivity index (χ0v) is 15.2. The monoisotopic (exact) mass is 347 g/mol. The summed E-state index contributed by atoms with van der Waals surface area (Å²) in [5, 5.41) is 8.04. The highest BCUT2D eigenvalue weighted by Gasteiger charge is 2.17. The molecule has 0 aliphatic carbocycles. The van der Waals surface area contributed by atoms with Crippen molar-refractivity contribution in [2.75, 3.05) is 26.2 Å². The zero-order valence-electron chi connectivity index (χ0n) is 14.4. The molecule has 1 amide bonds. The van der Waals surface area contributed by atoms with E-state index in [0.717, 1.165) is 35.8 Å². The number of aromatic nitrogens is 3. The van der Waals surface area contributed by atoms with E-state index in [9.17, 15) is 4.79 Å². The largest absolute Gasteiger partial charge is 0.351 e. The summed E-state index contributed by atoms with van der Waals surface area (Å²) in [5.74, 6) is -0.0150. The van der Waals surface area contributed by atoms with Gasteiger partial charge in [-0.3, -0.25) is 9.48 Å². The van der Waals surface area contributed by atoms with E-state index in [1.165, 1.54) is 43.7 Å². The Morgan fingerprint density at radius 2 is 2.12 bits per heavy atom. The third kappa shape index (κ3) is 4.21. The van der Waals surface area contributed by atoms with Crippen LogP contribution in [0, 0.1) is 6.92 Å². The maximum atomic E-state index is 12.4. The third-order valence-electron chi connectivity index (χ3n) is 4.34. The molecular formula is C17H25N5OS. The Balaban J connectivity index is 1.50. The van der Waals surface area contributed by atoms with Crippen molar-refractivity contribution in [1.29, 1.82) is 0 Å². The molecule has 3 heterocycles. The summed E-state index contributed by atoms with van der Waals surface area (Å²) >= 11 is 1.43. The van der Waals surface area contributed by atoms with Gasteiger partial charge in [0.05, 0.1) is 11.9 Å². The van der Waals surface area contributed by atoms with Gasteiger partial charge in [-0.25, -0.2) is 4.98 Å². The lowest BCUT2D eigenvalue weighted by Gasteiger charge is -2.26. The molecule has 24 heavy (non-hydrogen) atoms. The van der Waals surface area contributed by atoms with Gasteiger partial charge < -0.3 is 10.2 Å². The number of rotatable bonds is 6. The van der Waals surface area contributed by atoms with Crippen molar-refractivity contribution in [2.24, 2.45) is 7.05 Å². The SMILES string of the molecule is Cc1nc(-c2cnn(C)c2)sc1C(=O)NCCCN1CCCCC1. The topological polar surface area (TPSA) is 63.1 Å². The van der Waals surface area contributed by atoms with Gasteiger partial charge >= 0.3 is 0 Å². The molecule has 0 radical (unpaired) electrons. The standard InChI is InChI=1S/C17H25N5OS/c1-13-15(24-17(20-13)14-11-19-21(2)12-14)16(23)18-7-6-10-22-8-4-3-5-9-22/h11-12H,3-10H2,1-2H3,(H,18,23). The third-order valence-corrected chi connectivity index (χ3v) is 5.55. The van der Waals surface area contributed by atoms with E-state index in [1.54, 1.807) is 10.9 Å². The number of carbonyl (C=O) groups is 1. The number of likely N-dealkylation sites (tertiary alicyclic amines) is 1. The van der Waals surface area contributed by atoms with Gasteiger partial charge in [0, 0.05) is 25.4 Å². The first-order valence-corrected chi connectivity index (χ1v) is 9.42.